The van der Waals surface area contributed by atoms with Crippen LogP contribution in [0.15, 0.2) is 24.3 Å². The van der Waals surface area contributed by atoms with Gasteiger partial charge in [-0.15, -0.1) is 0 Å². The predicted octanol–water partition coefficient (Wildman–Crippen LogP) is 9.30. The zero-order valence-corrected chi connectivity index (χ0v) is 28.4. The van der Waals surface area contributed by atoms with E-state index >= 15 is 0 Å². The lowest BCUT2D eigenvalue weighted by molar-refractivity contribution is -0.137. The normalized spacial score (nSPS) is 26.5. The van der Waals surface area contributed by atoms with Crippen molar-refractivity contribution in [3.63, 3.8) is 0 Å². The minimum atomic E-state index is -4.39. The van der Waals surface area contributed by atoms with Crippen LogP contribution in [-0.4, -0.2) is 39.7 Å². The van der Waals surface area contributed by atoms with Crippen LogP contribution in [0.2, 0.25) is 18.1 Å². The molecule has 5 nitrogen and oxygen atoms in total. The largest absolute Gasteiger partial charge is 0.416 e. The van der Waals surface area contributed by atoms with Gasteiger partial charge in [-0.1, -0.05) is 39.3 Å². The molecule has 1 aromatic carbocycles. The van der Waals surface area contributed by atoms with Gasteiger partial charge in [0.1, 0.15) is 6.10 Å². The number of aromatic nitrogens is 1. The number of alkyl halides is 3. The van der Waals surface area contributed by atoms with Crippen LogP contribution < -0.4 is 0 Å². The second-order valence-corrected chi connectivity index (χ2v) is 20.6. The van der Waals surface area contributed by atoms with Gasteiger partial charge in [0.05, 0.1) is 23.0 Å². The van der Waals surface area contributed by atoms with Gasteiger partial charge < -0.3 is 18.6 Å². The van der Waals surface area contributed by atoms with E-state index < -0.39 is 31.8 Å². The van der Waals surface area contributed by atoms with Gasteiger partial charge in [-0.3, -0.25) is 4.98 Å². The Bertz CT molecular complexity index is 1420. The second-order valence-electron chi connectivity index (χ2n) is 15.9. The van der Waals surface area contributed by atoms with Crippen LogP contribution in [0.5, 0.6) is 0 Å². The van der Waals surface area contributed by atoms with Crippen LogP contribution in [0.1, 0.15) is 129 Å². The molecule has 1 saturated carbocycles. The highest BCUT2D eigenvalue weighted by Crippen LogP contribution is 2.62. The first-order chi connectivity index (χ1) is 21.2. The standard InChI is InChI=1S/C36H48F3NO4Si/c1-33(2,3)45(4,5)44-27-22-34(13-6-14-34)21-26-28(27)30-29(31(40-26)23-11-17-41-18-12-23)32(43-35(30)15-19-42-20-16-35)24-7-9-25(10-8-24)36(37,38)39/h7-10,23,27,32H,6,11-22H2,1-5H3/t27-,32+/m0/s1. The monoisotopic (exact) mass is 643 g/mol. The van der Waals surface area contributed by atoms with Gasteiger partial charge in [-0.2, -0.15) is 13.2 Å². The third-order valence-corrected chi connectivity index (χ3v) is 16.5. The maximum Gasteiger partial charge on any atom is 0.416 e. The van der Waals surface area contributed by atoms with E-state index in [-0.39, 0.29) is 22.5 Å². The highest BCUT2D eigenvalue weighted by molar-refractivity contribution is 6.74. The maximum absolute atomic E-state index is 13.6. The number of hydrogen-bond donors (Lipinski definition) is 0. The molecule has 2 aliphatic carbocycles. The molecule has 2 saturated heterocycles. The average molecular weight is 644 g/mol. The van der Waals surface area contributed by atoms with Gasteiger partial charge in [-0.05, 0) is 85.3 Å². The molecule has 0 unspecified atom stereocenters. The molecular formula is C36H48F3NO4Si. The summed E-state index contributed by atoms with van der Waals surface area (Å²) in [5.74, 6) is 0.215. The van der Waals surface area contributed by atoms with Crippen molar-refractivity contribution in [2.75, 3.05) is 26.4 Å². The fourth-order valence-corrected chi connectivity index (χ4v) is 9.58. The van der Waals surface area contributed by atoms with Crippen LogP contribution in [0.3, 0.4) is 0 Å². The number of benzene rings is 1. The Labute approximate surface area is 266 Å². The fourth-order valence-electron chi connectivity index (χ4n) is 8.31. The van der Waals surface area contributed by atoms with Crippen molar-refractivity contribution in [3.05, 3.63) is 63.5 Å². The molecule has 0 bridgehead atoms. The van der Waals surface area contributed by atoms with Crippen molar-refractivity contribution in [1.29, 1.82) is 0 Å². The van der Waals surface area contributed by atoms with Crippen molar-refractivity contribution in [3.8, 4) is 0 Å². The quantitative estimate of drug-likeness (QED) is 0.311. The summed E-state index contributed by atoms with van der Waals surface area (Å²) in [5.41, 5.74) is 5.50. The van der Waals surface area contributed by atoms with Gasteiger partial charge in [0.2, 0.25) is 0 Å². The highest BCUT2D eigenvalue weighted by atomic mass is 28.4. The van der Waals surface area contributed by atoms with Crippen LogP contribution in [0.25, 0.3) is 0 Å². The minimum Gasteiger partial charge on any atom is -0.410 e. The number of ether oxygens (including phenoxy) is 3. The summed E-state index contributed by atoms with van der Waals surface area (Å²) >= 11 is 0. The molecule has 3 aliphatic heterocycles. The zero-order valence-electron chi connectivity index (χ0n) is 27.4. The lowest BCUT2D eigenvalue weighted by Gasteiger charge is -2.51. The summed E-state index contributed by atoms with van der Waals surface area (Å²) in [6, 6.07) is 5.60. The average Bonchev–Trinajstić information content (AvgIpc) is 3.29. The first-order valence-electron chi connectivity index (χ1n) is 17.0. The number of nitrogens with zero attached hydrogens (tertiary/aromatic N) is 1. The van der Waals surface area contributed by atoms with Crippen molar-refractivity contribution in [2.45, 2.75) is 127 Å². The molecule has 246 valence electrons. The molecule has 0 amide bonds. The van der Waals surface area contributed by atoms with E-state index in [9.17, 15) is 13.2 Å². The fraction of sp³-hybridized carbons (Fsp3) is 0.694. The Morgan fingerprint density at radius 1 is 0.889 bits per heavy atom. The number of pyridine rings is 1. The van der Waals surface area contributed by atoms with E-state index in [0.717, 1.165) is 42.5 Å². The molecule has 45 heavy (non-hydrogen) atoms. The third-order valence-electron chi connectivity index (χ3n) is 12.0. The van der Waals surface area contributed by atoms with Crippen molar-refractivity contribution in [1.82, 2.24) is 4.98 Å². The highest BCUT2D eigenvalue weighted by Gasteiger charge is 2.55. The Balaban J connectivity index is 1.46. The number of fused-ring (bicyclic) bond motifs is 4. The summed E-state index contributed by atoms with van der Waals surface area (Å²) < 4.78 is 67.1. The molecular weight excluding hydrogens is 595 g/mol. The van der Waals surface area contributed by atoms with Gasteiger partial charge in [0, 0.05) is 62.0 Å². The van der Waals surface area contributed by atoms with Crippen LogP contribution in [0, 0.1) is 5.41 Å². The minimum absolute atomic E-state index is 0.0473. The molecule has 0 radical (unpaired) electrons. The van der Waals surface area contributed by atoms with Crippen molar-refractivity contribution < 1.29 is 31.8 Å². The van der Waals surface area contributed by atoms with Gasteiger partial charge in [0.15, 0.2) is 8.32 Å². The molecule has 7 rings (SSSR count). The maximum atomic E-state index is 13.6. The van der Waals surface area contributed by atoms with Crippen molar-refractivity contribution in [2.24, 2.45) is 5.41 Å². The second kappa shape index (κ2) is 11.1. The number of rotatable bonds is 4. The van der Waals surface area contributed by atoms with Gasteiger partial charge in [-0.25, -0.2) is 0 Å². The van der Waals surface area contributed by atoms with E-state index in [2.05, 4.69) is 33.9 Å². The summed E-state index contributed by atoms with van der Waals surface area (Å²) in [4.78, 5) is 5.63. The molecule has 3 fully saturated rings. The molecule has 5 aliphatic rings. The van der Waals surface area contributed by atoms with Crippen LogP contribution in [0.4, 0.5) is 13.2 Å². The molecule has 2 aromatic rings. The lowest BCUT2D eigenvalue weighted by atomic mass is 9.58. The molecule has 0 N–H and O–H groups in total. The SMILES string of the molecule is CC(C)(C)[Si](C)(C)O[C@H]1CC2(CCC2)Cc2nc(C3CCOCC3)c3c(c21)C1(CCOCC1)O[C@@H]3c1ccc(C(F)(F)F)cc1. The number of hydrogen-bond acceptors (Lipinski definition) is 5. The molecule has 2 spiro atoms. The van der Waals surface area contributed by atoms with Crippen LogP contribution >= 0.6 is 0 Å². The third kappa shape index (κ3) is 5.52. The van der Waals surface area contributed by atoms with E-state index in [0.29, 0.717) is 39.3 Å². The summed E-state index contributed by atoms with van der Waals surface area (Å²) in [7, 11) is -2.17. The molecule has 1 aromatic heterocycles. The Morgan fingerprint density at radius 3 is 2.11 bits per heavy atom. The topological polar surface area (TPSA) is 49.8 Å². The first kappa shape index (κ1) is 31.8. The Hall–Kier alpha value is -1.78. The van der Waals surface area contributed by atoms with E-state index in [1.54, 1.807) is 12.1 Å². The van der Waals surface area contributed by atoms with Crippen LogP contribution in [-0.2, 0) is 36.8 Å². The molecule has 2 atom stereocenters. The smallest absolute Gasteiger partial charge is 0.410 e. The van der Waals surface area contributed by atoms with E-state index in [1.165, 1.54) is 48.2 Å². The molecule has 4 heterocycles. The van der Waals surface area contributed by atoms with E-state index in [1.807, 2.05) is 0 Å². The van der Waals surface area contributed by atoms with Gasteiger partial charge in [0.25, 0.3) is 0 Å². The zero-order chi connectivity index (χ0) is 31.8. The summed E-state index contributed by atoms with van der Waals surface area (Å²) in [6.07, 6.45) is 3.82. The number of halogens is 3. The molecule has 9 heteroatoms. The Kier molecular flexibility index (Phi) is 7.88. The Morgan fingerprint density at radius 2 is 1.53 bits per heavy atom. The lowest BCUT2D eigenvalue weighted by Crippen LogP contribution is -2.47. The first-order valence-corrected chi connectivity index (χ1v) is 19.9. The van der Waals surface area contributed by atoms with E-state index in [4.69, 9.17) is 23.6 Å². The summed E-state index contributed by atoms with van der Waals surface area (Å²) in [6.45, 7) is 14.1. The van der Waals surface area contributed by atoms with Crippen molar-refractivity contribution >= 4 is 8.32 Å². The predicted molar refractivity (Wildman–Crippen MR) is 169 cm³/mol. The summed E-state index contributed by atoms with van der Waals surface area (Å²) in [5, 5.41) is 0.0473. The van der Waals surface area contributed by atoms with Gasteiger partial charge >= 0.3 is 6.18 Å².